The van der Waals surface area contributed by atoms with Gasteiger partial charge in [-0.15, -0.1) is 0 Å². The monoisotopic (exact) mass is 427 g/mol. The van der Waals surface area contributed by atoms with Gasteiger partial charge < -0.3 is 10.2 Å². The van der Waals surface area contributed by atoms with Crippen LogP contribution in [0.1, 0.15) is 36.0 Å². The minimum Gasteiger partial charge on any atom is -0.369 e. The van der Waals surface area contributed by atoms with E-state index in [2.05, 4.69) is 76.6 Å². The van der Waals surface area contributed by atoms with Crippen LogP contribution >= 0.6 is 0 Å². The SMILES string of the molecule is CCC(C(=O)NCc1ccccc1CN1CCN(c2ccccc2)CC1)c1ccccc1. The van der Waals surface area contributed by atoms with Crippen LogP contribution in [-0.2, 0) is 17.9 Å². The lowest BCUT2D eigenvalue weighted by molar-refractivity contribution is -0.122. The fourth-order valence-corrected chi connectivity index (χ4v) is 4.49. The number of rotatable bonds is 8. The van der Waals surface area contributed by atoms with Crippen molar-refractivity contribution in [1.29, 1.82) is 0 Å². The summed E-state index contributed by atoms with van der Waals surface area (Å²) < 4.78 is 0. The molecule has 4 heteroatoms. The molecule has 1 aliphatic rings. The van der Waals surface area contributed by atoms with Crippen molar-refractivity contribution < 1.29 is 4.79 Å². The van der Waals surface area contributed by atoms with Crippen LogP contribution in [0.15, 0.2) is 84.9 Å². The predicted octanol–water partition coefficient (Wildman–Crippen LogP) is 4.82. The van der Waals surface area contributed by atoms with Crippen LogP contribution in [0, 0.1) is 0 Å². The average Bonchev–Trinajstić information content (AvgIpc) is 2.86. The predicted molar refractivity (Wildman–Crippen MR) is 132 cm³/mol. The van der Waals surface area contributed by atoms with E-state index in [0.29, 0.717) is 6.54 Å². The Balaban J connectivity index is 1.34. The molecular weight excluding hydrogens is 394 g/mol. The van der Waals surface area contributed by atoms with Crippen LogP contribution < -0.4 is 10.2 Å². The number of nitrogens with zero attached hydrogens (tertiary/aromatic N) is 2. The Bertz CT molecular complexity index is 982. The fraction of sp³-hybridized carbons (Fsp3) is 0.321. The molecule has 1 fully saturated rings. The quantitative estimate of drug-likeness (QED) is 0.560. The van der Waals surface area contributed by atoms with Gasteiger partial charge in [0, 0.05) is 45.0 Å². The smallest absolute Gasteiger partial charge is 0.227 e. The van der Waals surface area contributed by atoms with Gasteiger partial charge in [0.05, 0.1) is 5.92 Å². The molecule has 0 bridgehead atoms. The number of carbonyl (C=O) groups is 1. The van der Waals surface area contributed by atoms with Gasteiger partial charge in [-0.2, -0.15) is 0 Å². The first-order chi connectivity index (χ1) is 15.7. The minimum absolute atomic E-state index is 0.102. The molecular formula is C28H33N3O. The van der Waals surface area contributed by atoms with Crippen molar-refractivity contribution in [2.75, 3.05) is 31.1 Å². The Morgan fingerprint density at radius 3 is 2.06 bits per heavy atom. The molecule has 1 N–H and O–H groups in total. The van der Waals surface area contributed by atoms with Crippen LogP contribution in [0.4, 0.5) is 5.69 Å². The zero-order valence-corrected chi connectivity index (χ0v) is 18.9. The first-order valence-electron chi connectivity index (χ1n) is 11.7. The minimum atomic E-state index is -0.102. The maximum atomic E-state index is 12.9. The lowest BCUT2D eigenvalue weighted by Gasteiger charge is -2.36. The lowest BCUT2D eigenvalue weighted by Crippen LogP contribution is -2.46. The molecule has 1 heterocycles. The number of hydrogen-bond donors (Lipinski definition) is 1. The number of amides is 1. The van der Waals surface area contributed by atoms with E-state index in [-0.39, 0.29) is 11.8 Å². The van der Waals surface area contributed by atoms with Crippen LogP contribution in [-0.4, -0.2) is 37.0 Å². The zero-order chi connectivity index (χ0) is 22.2. The molecule has 4 rings (SSSR count). The average molecular weight is 428 g/mol. The third-order valence-corrected chi connectivity index (χ3v) is 6.39. The van der Waals surface area contributed by atoms with E-state index in [1.807, 2.05) is 30.3 Å². The molecule has 0 spiro atoms. The number of hydrogen-bond acceptors (Lipinski definition) is 3. The van der Waals surface area contributed by atoms with Gasteiger partial charge in [-0.25, -0.2) is 0 Å². The Morgan fingerprint density at radius 1 is 0.812 bits per heavy atom. The molecule has 4 nitrogen and oxygen atoms in total. The van der Waals surface area contributed by atoms with Crippen molar-refractivity contribution in [2.24, 2.45) is 0 Å². The van der Waals surface area contributed by atoms with Crippen LogP contribution in [0.5, 0.6) is 0 Å². The summed E-state index contributed by atoms with van der Waals surface area (Å²) in [7, 11) is 0. The van der Waals surface area contributed by atoms with Gasteiger partial charge in [-0.3, -0.25) is 9.69 Å². The van der Waals surface area contributed by atoms with E-state index < -0.39 is 0 Å². The Kier molecular flexibility index (Phi) is 7.57. The summed E-state index contributed by atoms with van der Waals surface area (Å²) in [5.74, 6) is -0.000551. The van der Waals surface area contributed by atoms with Crippen LogP contribution in [0.3, 0.4) is 0 Å². The molecule has 166 valence electrons. The molecule has 0 radical (unpaired) electrons. The highest BCUT2D eigenvalue weighted by Gasteiger charge is 2.20. The van der Waals surface area contributed by atoms with E-state index in [1.54, 1.807) is 0 Å². The fourth-order valence-electron chi connectivity index (χ4n) is 4.49. The highest BCUT2D eigenvalue weighted by Crippen LogP contribution is 2.21. The van der Waals surface area contributed by atoms with Gasteiger partial charge in [0.25, 0.3) is 0 Å². The summed E-state index contributed by atoms with van der Waals surface area (Å²) in [4.78, 5) is 17.9. The molecule has 1 atom stereocenters. The standard InChI is InChI=1S/C28H33N3O/c1-2-27(23-11-5-3-6-12-23)28(32)29-21-24-13-9-10-14-25(24)22-30-17-19-31(20-18-30)26-15-7-4-8-16-26/h3-16,27H,2,17-22H2,1H3,(H,29,32). The Labute approximate surface area is 191 Å². The van der Waals surface area contributed by atoms with Gasteiger partial charge in [-0.1, -0.05) is 79.7 Å². The first kappa shape index (κ1) is 22.1. The summed E-state index contributed by atoms with van der Waals surface area (Å²) in [5, 5.41) is 3.19. The van der Waals surface area contributed by atoms with Crippen molar-refractivity contribution in [3.63, 3.8) is 0 Å². The summed E-state index contributed by atoms with van der Waals surface area (Å²) in [6.07, 6.45) is 0.795. The molecule has 0 saturated carbocycles. The van der Waals surface area contributed by atoms with E-state index in [0.717, 1.165) is 44.7 Å². The number of carbonyl (C=O) groups excluding carboxylic acids is 1. The molecule has 3 aromatic rings. The number of benzene rings is 3. The van der Waals surface area contributed by atoms with Crippen molar-refractivity contribution in [1.82, 2.24) is 10.2 Å². The van der Waals surface area contributed by atoms with Gasteiger partial charge in [0.15, 0.2) is 0 Å². The second kappa shape index (κ2) is 11.0. The Morgan fingerprint density at radius 2 is 1.41 bits per heavy atom. The molecule has 0 aliphatic carbocycles. The molecule has 0 aromatic heterocycles. The van der Waals surface area contributed by atoms with Crippen LogP contribution in [0.25, 0.3) is 0 Å². The normalized spacial score (nSPS) is 15.3. The van der Waals surface area contributed by atoms with E-state index >= 15 is 0 Å². The summed E-state index contributed by atoms with van der Waals surface area (Å²) in [6, 6.07) is 29.2. The highest BCUT2D eigenvalue weighted by molar-refractivity contribution is 5.83. The summed E-state index contributed by atoms with van der Waals surface area (Å²) >= 11 is 0. The van der Waals surface area contributed by atoms with E-state index in [9.17, 15) is 4.79 Å². The van der Waals surface area contributed by atoms with E-state index in [1.165, 1.54) is 16.8 Å². The maximum absolute atomic E-state index is 12.9. The summed E-state index contributed by atoms with van der Waals surface area (Å²) in [6.45, 7) is 7.73. The van der Waals surface area contributed by atoms with Crippen molar-refractivity contribution in [3.8, 4) is 0 Å². The van der Waals surface area contributed by atoms with Gasteiger partial charge in [0.1, 0.15) is 0 Å². The topological polar surface area (TPSA) is 35.6 Å². The number of nitrogens with one attached hydrogen (secondary N) is 1. The zero-order valence-electron chi connectivity index (χ0n) is 18.9. The molecule has 32 heavy (non-hydrogen) atoms. The van der Waals surface area contributed by atoms with Gasteiger partial charge >= 0.3 is 0 Å². The van der Waals surface area contributed by atoms with Crippen molar-refractivity contribution >= 4 is 11.6 Å². The van der Waals surface area contributed by atoms with E-state index in [4.69, 9.17) is 0 Å². The molecule has 1 amide bonds. The van der Waals surface area contributed by atoms with Crippen molar-refractivity contribution in [3.05, 3.63) is 102 Å². The molecule has 1 unspecified atom stereocenters. The van der Waals surface area contributed by atoms with Gasteiger partial charge in [0.2, 0.25) is 5.91 Å². The third kappa shape index (κ3) is 5.57. The number of anilines is 1. The summed E-state index contributed by atoms with van der Waals surface area (Å²) in [5.41, 5.74) is 4.89. The third-order valence-electron chi connectivity index (χ3n) is 6.39. The van der Waals surface area contributed by atoms with Crippen molar-refractivity contribution in [2.45, 2.75) is 32.4 Å². The molecule has 3 aromatic carbocycles. The highest BCUT2D eigenvalue weighted by atomic mass is 16.1. The second-order valence-corrected chi connectivity index (χ2v) is 8.46. The molecule has 1 aliphatic heterocycles. The largest absolute Gasteiger partial charge is 0.369 e. The number of piperazine rings is 1. The van der Waals surface area contributed by atoms with Crippen LogP contribution in [0.2, 0.25) is 0 Å². The first-order valence-corrected chi connectivity index (χ1v) is 11.7. The molecule has 1 saturated heterocycles. The maximum Gasteiger partial charge on any atom is 0.227 e. The van der Waals surface area contributed by atoms with Gasteiger partial charge in [-0.05, 0) is 35.2 Å². The Hall–Kier alpha value is -3.11. The second-order valence-electron chi connectivity index (χ2n) is 8.46. The lowest BCUT2D eigenvalue weighted by atomic mass is 9.95. The number of para-hydroxylation sites is 1.